The molecule has 210 valence electrons. The SMILES string of the molecule is CN1C(=O)N(c2cc(Cl)cc(Cl)c2)C(=O)C12CN(Cc1ccc(C(=O)[O-])cc1N(O)O)CC2c1ccc(C#N)cc1. The summed E-state index contributed by atoms with van der Waals surface area (Å²) in [5.41, 5.74) is -0.105. The Morgan fingerprint density at radius 1 is 1.10 bits per heavy atom. The minimum absolute atomic E-state index is 0.0576. The summed E-state index contributed by atoms with van der Waals surface area (Å²) in [4.78, 5) is 43.6. The van der Waals surface area contributed by atoms with Gasteiger partial charge in [-0.3, -0.25) is 20.1 Å². The molecule has 41 heavy (non-hydrogen) atoms. The lowest BCUT2D eigenvalue weighted by Gasteiger charge is -2.34. The Hall–Kier alpha value is -4.18. The zero-order valence-electron chi connectivity index (χ0n) is 21.5. The first kappa shape index (κ1) is 28.4. The highest BCUT2D eigenvalue weighted by Crippen LogP contribution is 2.47. The molecule has 1 spiro atoms. The third-order valence-corrected chi connectivity index (χ3v) is 8.05. The monoisotopic (exact) mass is 594 g/mol. The molecule has 2 heterocycles. The van der Waals surface area contributed by atoms with E-state index in [1.165, 1.54) is 42.3 Å². The molecule has 13 heteroatoms. The number of nitrogens with zero attached hydrogens (tertiary/aromatic N) is 5. The van der Waals surface area contributed by atoms with Crippen molar-refractivity contribution in [2.24, 2.45) is 0 Å². The molecule has 0 aliphatic carbocycles. The number of urea groups is 1. The van der Waals surface area contributed by atoms with Crippen LogP contribution in [0, 0.1) is 11.3 Å². The molecule has 2 saturated heterocycles. The molecule has 5 rings (SSSR count). The van der Waals surface area contributed by atoms with Crippen molar-refractivity contribution in [1.29, 1.82) is 5.26 Å². The van der Waals surface area contributed by atoms with Crippen molar-refractivity contribution in [1.82, 2.24) is 9.80 Å². The summed E-state index contributed by atoms with van der Waals surface area (Å²) >= 11 is 12.4. The van der Waals surface area contributed by atoms with Crippen LogP contribution in [0.2, 0.25) is 10.0 Å². The van der Waals surface area contributed by atoms with Gasteiger partial charge in [0.1, 0.15) is 5.54 Å². The predicted octanol–water partition coefficient (Wildman–Crippen LogP) is 3.25. The van der Waals surface area contributed by atoms with E-state index in [1.807, 2.05) is 4.90 Å². The number of carboxylic acid groups (broad SMARTS) is 1. The fourth-order valence-corrected chi connectivity index (χ4v) is 6.18. The van der Waals surface area contributed by atoms with E-state index in [9.17, 15) is 35.2 Å². The highest BCUT2D eigenvalue weighted by atomic mass is 35.5. The molecule has 11 nitrogen and oxygen atoms in total. The van der Waals surface area contributed by atoms with Gasteiger partial charge in [0.15, 0.2) is 0 Å². The molecule has 0 bridgehead atoms. The first-order valence-electron chi connectivity index (χ1n) is 12.3. The van der Waals surface area contributed by atoms with Gasteiger partial charge in [-0.1, -0.05) is 47.5 Å². The van der Waals surface area contributed by atoms with Crippen LogP contribution in [0.1, 0.15) is 33.0 Å². The molecule has 3 aromatic carbocycles. The Labute approximate surface area is 244 Å². The number of carbonyl (C=O) groups excluding carboxylic acids is 3. The first-order valence-corrected chi connectivity index (χ1v) is 13.0. The molecule has 2 aliphatic rings. The number of carboxylic acids is 1. The third-order valence-electron chi connectivity index (χ3n) is 7.61. The highest BCUT2D eigenvalue weighted by molar-refractivity contribution is 6.35. The largest absolute Gasteiger partial charge is 0.545 e. The Morgan fingerprint density at radius 2 is 1.76 bits per heavy atom. The summed E-state index contributed by atoms with van der Waals surface area (Å²) in [6, 6.07) is 16.4. The van der Waals surface area contributed by atoms with Gasteiger partial charge >= 0.3 is 6.03 Å². The van der Waals surface area contributed by atoms with Crippen LogP contribution in [0.15, 0.2) is 60.7 Å². The second kappa shape index (κ2) is 10.7. The normalized spacial score (nSPS) is 20.6. The topological polar surface area (TPSA) is 151 Å². The van der Waals surface area contributed by atoms with Gasteiger partial charge in [0, 0.05) is 42.6 Å². The molecule has 0 radical (unpaired) electrons. The van der Waals surface area contributed by atoms with Gasteiger partial charge in [0.25, 0.3) is 5.91 Å². The van der Waals surface area contributed by atoms with Crippen LogP contribution in [-0.2, 0) is 11.3 Å². The van der Waals surface area contributed by atoms with Crippen LogP contribution in [0.25, 0.3) is 0 Å². The predicted molar refractivity (Wildman–Crippen MR) is 146 cm³/mol. The molecule has 2 atom stereocenters. The fraction of sp³-hybridized carbons (Fsp3) is 0.214. The molecule has 2 aliphatic heterocycles. The van der Waals surface area contributed by atoms with Crippen LogP contribution >= 0.6 is 23.2 Å². The maximum atomic E-state index is 14.3. The maximum absolute atomic E-state index is 14.3. The van der Waals surface area contributed by atoms with E-state index in [0.29, 0.717) is 16.7 Å². The number of carbonyl (C=O) groups is 3. The molecule has 0 aromatic heterocycles. The number of hydrogen-bond donors (Lipinski definition) is 2. The molecule has 3 amide bonds. The Morgan fingerprint density at radius 3 is 2.34 bits per heavy atom. The number of nitriles is 1. The van der Waals surface area contributed by atoms with Gasteiger partial charge in [-0.2, -0.15) is 5.26 Å². The average molecular weight is 595 g/mol. The van der Waals surface area contributed by atoms with Crippen molar-refractivity contribution < 1.29 is 29.9 Å². The Bertz CT molecular complexity index is 1590. The molecule has 2 unspecified atom stereocenters. The van der Waals surface area contributed by atoms with E-state index in [0.717, 1.165) is 11.0 Å². The van der Waals surface area contributed by atoms with E-state index in [4.69, 9.17) is 23.2 Å². The van der Waals surface area contributed by atoms with Gasteiger partial charge in [-0.25, -0.2) is 9.69 Å². The molecule has 2 fully saturated rings. The van der Waals surface area contributed by atoms with E-state index >= 15 is 0 Å². The molecular formula is C28H22Cl2N5O6-. The number of hydrogen-bond acceptors (Lipinski definition) is 9. The number of anilines is 2. The summed E-state index contributed by atoms with van der Waals surface area (Å²) in [5, 5.41) is 40.5. The van der Waals surface area contributed by atoms with E-state index < -0.39 is 29.4 Å². The molecular weight excluding hydrogens is 573 g/mol. The Balaban J connectivity index is 1.58. The smallest absolute Gasteiger partial charge is 0.332 e. The van der Waals surface area contributed by atoms with Crippen LogP contribution in [0.5, 0.6) is 0 Å². The van der Waals surface area contributed by atoms with Gasteiger partial charge < -0.3 is 14.8 Å². The number of likely N-dealkylation sites (N-methyl/N-ethyl adjacent to an activating group) is 1. The van der Waals surface area contributed by atoms with Crippen molar-refractivity contribution in [3.8, 4) is 6.07 Å². The number of rotatable bonds is 6. The van der Waals surface area contributed by atoms with Gasteiger partial charge in [-0.05, 0) is 53.1 Å². The van der Waals surface area contributed by atoms with E-state index in [2.05, 4.69) is 6.07 Å². The second-order valence-electron chi connectivity index (χ2n) is 9.91. The van der Waals surface area contributed by atoms with Crippen LogP contribution in [0.4, 0.5) is 16.2 Å². The minimum Gasteiger partial charge on any atom is -0.545 e. The number of imide groups is 1. The zero-order valence-corrected chi connectivity index (χ0v) is 23.0. The van der Waals surface area contributed by atoms with Crippen LogP contribution in [0.3, 0.4) is 0 Å². The maximum Gasteiger partial charge on any atom is 0.332 e. The summed E-state index contributed by atoms with van der Waals surface area (Å²) in [6.07, 6.45) is 0. The van der Waals surface area contributed by atoms with Gasteiger partial charge in [0.2, 0.25) is 0 Å². The zero-order chi connectivity index (χ0) is 29.6. The van der Waals surface area contributed by atoms with Crippen LogP contribution in [-0.4, -0.2) is 63.8 Å². The van der Waals surface area contributed by atoms with Crippen molar-refractivity contribution in [2.75, 3.05) is 30.3 Å². The van der Waals surface area contributed by atoms with Crippen molar-refractivity contribution in [3.63, 3.8) is 0 Å². The van der Waals surface area contributed by atoms with Gasteiger partial charge in [-0.15, -0.1) is 5.23 Å². The number of benzene rings is 3. The van der Waals surface area contributed by atoms with Crippen molar-refractivity contribution >= 4 is 52.5 Å². The number of halogens is 2. The third kappa shape index (κ3) is 4.86. The second-order valence-corrected chi connectivity index (χ2v) is 10.8. The van der Waals surface area contributed by atoms with Gasteiger partial charge in [0.05, 0.1) is 29.0 Å². The first-order chi connectivity index (χ1) is 19.5. The molecule has 2 N–H and O–H groups in total. The minimum atomic E-state index is -1.49. The lowest BCUT2D eigenvalue weighted by Crippen LogP contribution is -2.53. The summed E-state index contributed by atoms with van der Waals surface area (Å²) < 4.78 is 0. The van der Waals surface area contributed by atoms with Crippen molar-refractivity contribution in [3.05, 3.63) is 93.0 Å². The van der Waals surface area contributed by atoms with Crippen molar-refractivity contribution in [2.45, 2.75) is 18.0 Å². The standard InChI is InChI=1S/C28H23Cl2N5O6/c1-32-27(39)34(22-10-20(29)9-21(30)11-22)26(38)28(32)15-33(14-23(28)17-4-2-16(12-31)3-5-17)13-19-7-6-18(25(36)37)8-24(19)35(40)41/h2-11,23,40-41H,13-15H2,1H3,(H,36,37)/p-1. The highest BCUT2D eigenvalue weighted by Gasteiger charge is 2.64. The number of amides is 3. The summed E-state index contributed by atoms with van der Waals surface area (Å²) in [5.74, 6) is -2.54. The molecule has 0 saturated carbocycles. The van der Waals surface area contributed by atoms with E-state index in [1.54, 1.807) is 24.3 Å². The lowest BCUT2D eigenvalue weighted by molar-refractivity contribution is -0.255. The van der Waals surface area contributed by atoms with Crippen LogP contribution < -0.4 is 15.2 Å². The quantitative estimate of drug-likeness (QED) is 0.323. The fourth-order valence-electron chi connectivity index (χ4n) is 5.67. The molecule has 3 aromatic rings. The lowest BCUT2D eigenvalue weighted by atomic mass is 9.80. The number of aromatic carboxylic acids is 1. The Kier molecular flexibility index (Phi) is 7.37. The van der Waals surface area contributed by atoms with E-state index in [-0.39, 0.29) is 51.8 Å². The summed E-state index contributed by atoms with van der Waals surface area (Å²) in [7, 11) is 1.54. The number of likely N-dealkylation sites (tertiary alicyclic amines) is 1. The average Bonchev–Trinajstić information content (AvgIpc) is 3.39. The summed E-state index contributed by atoms with van der Waals surface area (Å²) in [6.45, 7) is 0.396.